The molecule has 122 valence electrons. The highest BCUT2D eigenvalue weighted by molar-refractivity contribution is 7.99. The summed E-state index contributed by atoms with van der Waals surface area (Å²) in [5.74, 6) is 2.68. The maximum absolute atomic E-state index is 7.25. The van der Waals surface area contributed by atoms with Gasteiger partial charge in [0.15, 0.2) is 0 Å². The molecule has 4 heteroatoms. The molecule has 0 aromatic heterocycles. The van der Waals surface area contributed by atoms with Gasteiger partial charge in [-0.2, -0.15) is 11.8 Å². The van der Waals surface area contributed by atoms with Crippen LogP contribution in [0.15, 0.2) is 0 Å². The van der Waals surface area contributed by atoms with Crippen LogP contribution in [0.5, 0.6) is 0 Å². The second-order valence-electron chi connectivity index (χ2n) is 5.42. The van der Waals surface area contributed by atoms with Gasteiger partial charge >= 0.3 is 0 Å². The minimum Gasteiger partial charge on any atom is -0.307 e. The summed E-state index contributed by atoms with van der Waals surface area (Å²) in [6, 6.07) is 0. The predicted octanol–water partition coefficient (Wildman–Crippen LogP) is 5.97. The van der Waals surface area contributed by atoms with Crippen LogP contribution in [-0.2, 0) is 15.2 Å². The van der Waals surface area contributed by atoms with E-state index < -0.39 is 11.0 Å². The van der Waals surface area contributed by atoms with E-state index in [1.807, 2.05) is 0 Å². The third-order valence-corrected chi connectivity index (χ3v) is 5.01. The van der Waals surface area contributed by atoms with Gasteiger partial charge in [0.25, 0.3) is 0 Å². The van der Waals surface area contributed by atoms with Gasteiger partial charge < -0.3 is 4.18 Å². The van der Waals surface area contributed by atoms with Crippen molar-refractivity contribution in [1.82, 2.24) is 0 Å². The van der Waals surface area contributed by atoms with E-state index in [0.717, 1.165) is 13.0 Å². The van der Waals surface area contributed by atoms with Crippen LogP contribution >= 0.6 is 11.8 Å². The molecule has 0 saturated carbocycles. The molecule has 0 rings (SSSR count). The quantitative estimate of drug-likeness (QED) is 0.355. The third-order valence-electron chi connectivity index (χ3n) is 3.34. The van der Waals surface area contributed by atoms with E-state index in [1.54, 1.807) is 6.26 Å². The van der Waals surface area contributed by atoms with Crippen LogP contribution in [0.2, 0.25) is 0 Å². The standard InChI is InChI=1S/C16H35NOS2/c1-3-4-5-6-7-9-12-15-19-16-13-10-8-11-14-18-20(2)17/h17H,3-16H2,1-2H3. The van der Waals surface area contributed by atoms with Crippen LogP contribution in [0.1, 0.15) is 77.6 Å². The molecule has 0 aliphatic carbocycles. The van der Waals surface area contributed by atoms with Crippen LogP contribution in [0, 0.1) is 4.78 Å². The number of rotatable bonds is 16. The van der Waals surface area contributed by atoms with Crippen molar-refractivity contribution in [3.8, 4) is 0 Å². The van der Waals surface area contributed by atoms with E-state index in [-0.39, 0.29) is 0 Å². The summed E-state index contributed by atoms with van der Waals surface area (Å²) in [6.45, 7) is 3.05. The third kappa shape index (κ3) is 18.5. The highest BCUT2D eigenvalue weighted by Gasteiger charge is 1.94. The zero-order valence-electron chi connectivity index (χ0n) is 13.6. The molecule has 0 bridgehead atoms. The Balaban J connectivity index is 2.94. The van der Waals surface area contributed by atoms with Crippen molar-refractivity contribution in [1.29, 1.82) is 4.78 Å². The zero-order chi connectivity index (χ0) is 14.9. The average molecular weight is 322 g/mol. The Hall–Kier alpha value is 0.460. The molecule has 0 amide bonds. The number of nitrogens with one attached hydrogen (secondary N) is 1. The van der Waals surface area contributed by atoms with Crippen molar-refractivity contribution in [3.63, 3.8) is 0 Å². The molecule has 20 heavy (non-hydrogen) atoms. The van der Waals surface area contributed by atoms with Gasteiger partial charge in [0, 0.05) is 17.2 Å². The zero-order valence-corrected chi connectivity index (χ0v) is 15.3. The fourth-order valence-corrected chi connectivity index (χ4v) is 3.50. The molecule has 0 radical (unpaired) electrons. The lowest BCUT2D eigenvalue weighted by molar-refractivity contribution is 0.349. The molecule has 1 unspecified atom stereocenters. The van der Waals surface area contributed by atoms with Gasteiger partial charge in [0.05, 0.1) is 6.61 Å². The molecule has 0 heterocycles. The maximum atomic E-state index is 7.25. The summed E-state index contributed by atoms with van der Waals surface area (Å²) >= 11 is 2.13. The van der Waals surface area contributed by atoms with E-state index in [4.69, 9.17) is 8.96 Å². The van der Waals surface area contributed by atoms with E-state index in [9.17, 15) is 0 Å². The SMILES string of the molecule is CCCCCCCCCSCCCCCCOS(C)=N. The van der Waals surface area contributed by atoms with Gasteiger partial charge in [-0.05, 0) is 30.8 Å². The molecule has 0 aliphatic rings. The van der Waals surface area contributed by atoms with Crippen molar-refractivity contribution in [2.75, 3.05) is 24.4 Å². The second-order valence-corrected chi connectivity index (χ2v) is 7.79. The fraction of sp³-hybridized carbons (Fsp3) is 1.00. The Labute approximate surface area is 133 Å². The molecule has 0 aromatic carbocycles. The summed E-state index contributed by atoms with van der Waals surface area (Å²) in [5, 5.41) is 0. The van der Waals surface area contributed by atoms with Gasteiger partial charge in [-0.15, -0.1) is 0 Å². The lowest BCUT2D eigenvalue weighted by Crippen LogP contribution is -1.95. The minimum absolute atomic E-state index is 0.586. The van der Waals surface area contributed by atoms with E-state index >= 15 is 0 Å². The van der Waals surface area contributed by atoms with Gasteiger partial charge in [-0.1, -0.05) is 58.3 Å². The number of hydrogen-bond donors (Lipinski definition) is 1. The number of thioether (sulfide) groups is 1. The second kappa shape index (κ2) is 17.5. The Morgan fingerprint density at radius 2 is 1.30 bits per heavy atom. The summed E-state index contributed by atoms with van der Waals surface area (Å²) in [7, 11) is -0.586. The van der Waals surface area contributed by atoms with Gasteiger partial charge in [-0.25, -0.2) is 0 Å². The van der Waals surface area contributed by atoms with Crippen LogP contribution in [0.25, 0.3) is 0 Å². The summed E-state index contributed by atoms with van der Waals surface area (Å²) in [6.07, 6.45) is 16.8. The largest absolute Gasteiger partial charge is 0.307 e. The van der Waals surface area contributed by atoms with Crippen molar-refractivity contribution in [2.24, 2.45) is 0 Å². The van der Waals surface area contributed by atoms with E-state index in [1.165, 1.54) is 75.7 Å². The Morgan fingerprint density at radius 1 is 0.800 bits per heavy atom. The summed E-state index contributed by atoms with van der Waals surface area (Å²) in [4.78, 5) is 0. The minimum atomic E-state index is -0.586. The highest BCUT2D eigenvalue weighted by atomic mass is 32.2. The first kappa shape index (κ1) is 20.5. The molecule has 1 atom stereocenters. The van der Waals surface area contributed by atoms with Crippen molar-refractivity contribution in [2.45, 2.75) is 77.6 Å². The van der Waals surface area contributed by atoms with Gasteiger partial charge in [0.1, 0.15) is 0 Å². The lowest BCUT2D eigenvalue weighted by Gasteiger charge is -2.03. The predicted molar refractivity (Wildman–Crippen MR) is 95.7 cm³/mol. The average Bonchev–Trinajstić information content (AvgIpc) is 2.43. The maximum Gasteiger partial charge on any atom is 0.0624 e. The summed E-state index contributed by atoms with van der Waals surface area (Å²) < 4.78 is 12.5. The first-order valence-corrected chi connectivity index (χ1v) is 11.1. The van der Waals surface area contributed by atoms with Gasteiger partial charge in [0.2, 0.25) is 0 Å². The topological polar surface area (TPSA) is 33.1 Å². The Bertz CT molecular complexity index is 213. The van der Waals surface area contributed by atoms with Crippen LogP contribution < -0.4 is 0 Å². The molecule has 0 spiro atoms. The first-order chi connectivity index (χ1) is 9.77. The van der Waals surface area contributed by atoms with Crippen LogP contribution in [0.4, 0.5) is 0 Å². The van der Waals surface area contributed by atoms with Gasteiger partial charge in [-0.3, -0.25) is 4.78 Å². The molecule has 2 nitrogen and oxygen atoms in total. The highest BCUT2D eigenvalue weighted by Crippen LogP contribution is 2.12. The molecule has 0 fully saturated rings. The Morgan fingerprint density at radius 3 is 1.85 bits per heavy atom. The van der Waals surface area contributed by atoms with Crippen molar-refractivity contribution in [3.05, 3.63) is 0 Å². The monoisotopic (exact) mass is 321 g/mol. The number of hydrogen-bond acceptors (Lipinski definition) is 3. The van der Waals surface area contributed by atoms with Crippen molar-refractivity contribution < 1.29 is 4.18 Å². The fourth-order valence-electron chi connectivity index (χ4n) is 2.11. The summed E-state index contributed by atoms with van der Waals surface area (Å²) in [5.41, 5.74) is 0. The molecular weight excluding hydrogens is 286 g/mol. The molecular formula is C16H35NOS2. The molecule has 1 N–H and O–H groups in total. The normalized spacial score (nSPS) is 12.7. The van der Waals surface area contributed by atoms with Crippen molar-refractivity contribution >= 4 is 22.7 Å². The van der Waals surface area contributed by atoms with E-state index in [0.29, 0.717) is 0 Å². The first-order valence-electron chi connectivity index (χ1n) is 8.35. The molecule has 0 aromatic rings. The lowest BCUT2D eigenvalue weighted by atomic mass is 10.1. The smallest absolute Gasteiger partial charge is 0.0624 e. The van der Waals surface area contributed by atoms with E-state index in [2.05, 4.69) is 18.7 Å². The number of unbranched alkanes of at least 4 members (excludes halogenated alkanes) is 9. The van der Waals surface area contributed by atoms with Crippen LogP contribution in [0.3, 0.4) is 0 Å². The Kier molecular flexibility index (Phi) is 17.9. The van der Waals surface area contributed by atoms with Crippen LogP contribution in [-0.4, -0.2) is 24.4 Å². The molecule has 0 aliphatic heterocycles. The molecule has 0 saturated heterocycles.